The summed E-state index contributed by atoms with van der Waals surface area (Å²) in [6.07, 6.45) is 3.25. The summed E-state index contributed by atoms with van der Waals surface area (Å²) in [6.45, 7) is 0.149. The maximum atomic E-state index is 13.3. The smallest absolute Gasteiger partial charge is 0.295 e. The average molecular weight is 467 g/mol. The second-order valence-corrected chi connectivity index (χ2v) is 7.77. The first-order valence-corrected chi connectivity index (χ1v) is 9.93. The zero-order chi connectivity index (χ0) is 21.3. The molecule has 2 aromatic carbocycles. The molecule has 1 aliphatic rings. The number of likely N-dealkylation sites (tertiary alicyclic amines) is 1. The number of ketones is 1. The van der Waals surface area contributed by atoms with E-state index in [1.165, 1.54) is 29.2 Å². The minimum absolute atomic E-state index is 0.0337. The molecule has 0 radical (unpaired) electrons. The van der Waals surface area contributed by atoms with E-state index in [2.05, 4.69) is 20.9 Å². The largest absolute Gasteiger partial charge is 0.507 e. The minimum Gasteiger partial charge on any atom is -0.507 e. The van der Waals surface area contributed by atoms with Gasteiger partial charge in [-0.05, 0) is 53.6 Å². The first-order valence-electron chi connectivity index (χ1n) is 9.14. The molecule has 150 valence electrons. The van der Waals surface area contributed by atoms with E-state index in [1.807, 2.05) is 12.1 Å². The van der Waals surface area contributed by atoms with Gasteiger partial charge in [0, 0.05) is 29.0 Å². The lowest BCUT2D eigenvalue weighted by Crippen LogP contribution is -2.29. The summed E-state index contributed by atoms with van der Waals surface area (Å²) in [5.74, 6) is -2.31. The molecule has 5 nitrogen and oxygen atoms in total. The molecule has 4 rings (SSSR count). The quantitative estimate of drug-likeness (QED) is 0.346. The summed E-state index contributed by atoms with van der Waals surface area (Å²) in [4.78, 5) is 31.3. The van der Waals surface area contributed by atoms with Crippen molar-refractivity contribution in [3.63, 3.8) is 0 Å². The van der Waals surface area contributed by atoms with Crippen LogP contribution >= 0.6 is 15.9 Å². The van der Waals surface area contributed by atoms with Crippen molar-refractivity contribution in [1.82, 2.24) is 9.88 Å². The predicted molar refractivity (Wildman–Crippen MR) is 113 cm³/mol. The maximum Gasteiger partial charge on any atom is 0.295 e. The van der Waals surface area contributed by atoms with Crippen LogP contribution in [-0.2, 0) is 16.1 Å². The average Bonchev–Trinajstić information content (AvgIpc) is 2.99. The molecule has 0 spiro atoms. The molecule has 0 aliphatic carbocycles. The Kier molecular flexibility index (Phi) is 5.46. The molecule has 2 heterocycles. The van der Waals surface area contributed by atoms with E-state index in [0.717, 1.165) is 10.0 Å². The minimum atomic E-state index is -0.798. The molecule has 1 saturated heterocycles. The lowest BCUT2D eigenvalue weighted by atomic mass is 9.95. The van der Waals surface area contributed by atoms with E-state index in [4.69, 9.17) is 0 Å². The van der Waals surface area contributed by atoms with Crippen LogP contribution in [0.15, 0.2) is 83.1 Å². The number of aliphatic hydroxyl groups is 1. The Hall–Kier alpha value is -3.32. The van der Waals surface area contributed by atoms with E-state index < -0.39 is 23.5 Å². The fourth-order valence-corrected chi connectivity index (χ4v) is 3.93. The van der Waals surface area contributed by atoms with Gasteiger partial charge in [0.15, 0.2) is 0 Å². The van der Waals surface area contributed by atoms with Crippen molar-refractivity contribution in [2.45, 2.75) is 12.6 Å². The Bertz CT molecular complexity index is 1150. The van der Waals surface area contributed by atoms with E-state index in [9.17, 15) is 19.1 Å². The Morgan fingerprint density at radius 2 is 1.87 bits per heavy atom. The van der Waals surface area contributed by atoms with Gasteiger partial charge in [0.05, 0.1) is 11.6 Å². The fraction of sp³-hybridized carbons (Fsp3) is 0.0870. The number of nitrogens with zero attached hydrogens (tertiary/aromatic N) is 2. The van der Waals surface area contributed by atoms with Crippen LogP contribution in [0.25, 0.3) is 5.76 Å². The number of hydrogen-bond donors (Lipinski definition) is 1. The molecular weight excluding hydrogens is 451 g/mol. The maximum absolute atomic E-state index is 13.3. The lowest BCUT2D eigenvalue weighted by molar-refractivity contribution is -0.140. The molecule has 1 aromatic heterocycles. The third-order valence-corrected chi connectivity index (χ3v) is 5.39. The van der Waals surface area contributed by atoms with Crippen molar-refractivity contribution in [2.75, 3.05) is 0 Å². The summed E-state index contributed by atoms with van der Waals surface area (Å²) in [7, 11) is 0. The van der Waals surface area contributed by atoms with Gasteiger partial charge in [0.2, 0.25) is 0 Å². The highest BCUT2D eigenvalue weighted by molar-refractivity contribution is 9.10. The first kappa shape index (κ1) is 20.0. The van der Waals surface area contributed by atoms with Crippen molar-refractivity contribution in [3.05, 3.63) is 106 Å². The van der Waals surface area contributed by atoms with Crippen molar-refractivity contribution in [3.8, 4) is 0 Å². The number of Topliss-reactive ketones (excluding diaryl/α,β-unsaturated/α-hetero) is 1. The molecular formula is C23H16BrFN2O3. The zero-order valence-electron chi connectivity index (χ0n) is 15.6. The Morgan fingerprint density at radius 1 is 1.10 bits per heavy atom. The van der Waals surface area contributed by atoms with Crippen LogP contribution in [-0.4, -0.2) is 26.7 Å². The molecule has 1 fully saturated rings. The van der Waals surface area contributed by atoms with Crippen LogP contribution in [0.2, 0.25) is 0 Å². The second kappa shape index (κ2) is 8.20. The summed E-state index contributed by atoms with van der Waals surface area (Å²) in [6, 6.07) is 15.1. The van der Waals surface area contributed by atoms with Crippen molar-refractivity contribution >= 4 is 33.4 Å². The third-order valence-electron chi connectivity index (χ3n) is 4.90. The van der Waals surface area contributed by atoms with Gasteiger partial charge in [0.25, 0.3) is 11.7 Å². The first-order chi connectivity index (χ1) is 14.5. The van der Waals surface area contributed by atoms with E-state index >= 15 is 0 Å². The fourth-order valence-electron chi connectivity index (χ4n) is 3.52. The van der Waals surface area contributed by atoms with Crippen molar-refractivity contribution < 1.29 is 19.1 Å². The van der Waals surface area contributed by atoms with Crippen LogP contribution in [0.3, 0.4) is 0 Å². The van der Waals surface area contributed by atoms with Crippen molar-refractivity contribution in [1.29, 1.82) is 0 Å². The van der Waals surface area contributed by atoms with Crippen LogP contribution in [0.5, 0.6) is 0 Å². The third kappa shape index (κ3) is 3.76. The number of hydrogen-bond acceptors (Lipinski definition) is 4. The molecule has 0 unspecified atom stereocenters. The molecule has 3 aromatic rings. The van der Waals surface area contributed by atoms with Crippen molar-refractivity contribution in [2.24, 2.45) is 0 Å². The number of pyridine rings is 1. The lowest BCUT2D eigenvalue weighted by Gasteiger charge is -2.25. The van der Waals surface area contributed by atoms with Gasteiger partial charge in [-0.15, -0.1) is 0 Å². The molecule has 30 heavy (non-hydrogen) atoms. The van der Waals surface area contributed by atoms with E-state index in [-0.39, 0.29) is 23.4 Å². The molecule has 7 heteroatoms. The summed E-state index contributed by atoms with van der Waals surface area (Å²) in [5, 5.41) is 10.9. The molecule has 1 atom stereocenters. The number of aromatic nitrogens is 1. The van der Waals surface area contributed by atoms with Gasteiger partial charge in [-0.2, -0.15) is 0 Å². The summed E-state index contributed by atoms with van der Waals surface area (Å²) in [5.41, 5.74) is 1.64. The van der Waals surface area contributed by atoms with Crippen LogP contribution < -0.4 is 0 Å². The molecule has 0 saturated carbocycles. The topological polar surface area (TPSA) is 70.5 Å². The molecule has 1 N–H and O–H groups in total. The predicted octanol–water partition coefficient (Wildman–Crippen LogP) is 4.61. The van der Waals surface area contributed by atoms with Gasteiger partial charge < -0.3 is 10.0 Å². The highest BCUT2D eigenvalue weighted by atomic mass is 79.9. The molecule has 1 aliphatic heterocycles. The Balaban J connectivity index is 1.87. The summed E-state index contributed by atoms with van der Waals surface area (Å²) >= 11 is 3.42. The Morgan fingerprint density at radius 3 is 2.53 bits per heavy atom. The second-order valence-electron chi connectivity index (χ2n) is 6.85. The number of halogens is 2. The highest BCUT2D eigenvalue weighted by Crippen LogP contribution is 2.40. The van der Waals surface area contributed by atoms with Gasteiger partial charge in [-0.1, -0.05) is 34.1 Å². The number of carbonyl (C=O) groups is 2. The zero-order valence-corrected chi connectivity index (χ0v) is 17.2. The number of aliphatic hydroxyl groups excluding tert-OH is 1. The highest BCUT2D eigenvalue weighted by Gasteiger charge is 2.46. The monoisotopic (exact) mass is 466 g/mol. The molecule has 1 amide bonds. The summed E-state index contributed by atoms with van der Waals surface area (Å²) < 4.78 is 14.1. The van der Waals surface area contributed by atoms with E-state index in [1.54, 1.807) is 36.7 Å². The standard InChI is InChI=1S/C23H16BrFN2O3/c24-17-5-1-4-16(11-17)20-19(21(28)15-6-8-18(25)9-7-15)22(29)23(30)27(20)13-14-3-2-10-26-12-14/h1-12,20,28H,13H2/b21-19+/t20-/m0/s1. The number of amides is 1. The molecule has 0 bridgehead atoms. The van der Waals surface area contributed by atoms with E-state index in [0.29, 0.717) is 5.56 Å². The normalized spacial score (nSPS) is 18.1. The number of benzene rings is 2. The van der Waals surface area contributed by atoms with Gasteiger partial charge in [-0.25, -0.2) is 4.39 Å². The van der Waals surface area contributed by atoms with Crippen LogP contribution in [0.4, 0.5) is 4.39 Å². The van der Waals surface area contributed by atoms with Gasteiger partial charge in [0.1, 0.15) is 11.6 Å². The van der Waals surface area contributed by atoms with Gasteiger partial charge >= 0.3 is 0 Å². The SMILES string of the molecule is O=C1C(=O)N(Cc2cccnc2)[C@@H](c2cccc(Br)c2)/C1=C(\O)c1ccc(F)cc1. The van der Waals surface area contributed by atoms with Crippen LogP contribution in [0.1, 0.15) is 22.7 Å². The number of carbonyl (C=O) groups excluding carboxylic acids is 2. The number of rotatable bonds is 4. The van der Waals surface area contributed by atoms with Gasteiger partial charge in [-0.3, -0.25) is 14.6 Å². The van der Waals surface area contributed by atoms with Crippen LogP contribution in [0, 0.1) is 5.82 Å². The Labute approximate surface area is 180 Å².